The van der Waals surface area contributed by atoms with Crippen molar-refractivity contribution in [2.75, 3.05) is 6.61 Å². The van der Waals surface area contributed by atoms with Gasteiger partial charge < -0.3 is 9.29 Å². The smallest absolute Gasteiger partial charge is 0.362 e. The number of hydrogen-bond donors (Lipinski definition) is 0. The second kappa shape index (κ2) is 5.21. The van der Waals surface area contributed by atoms with Crippen LogP contribution in [0.1, 0.15) is 48.0 Å². The first kappa shape index (κ1) is 14.8. The first-order valence-electron chi connectivity index (χ1n) is 5.29. The number of ether oxygens (including phenoxy) is 1. The summed E-state index contributed by atoms with van der Waals surface area (Å²) in [6.07, 6.45) is 0.766. The highest BCUT2D eigenvalue weighted by atomic mass is 32.2. The van der Waals surface area contributed by atoms with E-state index in [1.807, 2.05) is 20.8 Å². The van der Waals surface area contributed by atoms with Crippen LogP contribution in [-0.2, 0) is 20.7 Å². The van der Waals surface area contributed by atoms with Crippen molar-refractivity contribution >= 4 is 17.1 Å². The minimum absolute atomic E-state index is 0.325. The second-order valence-corrected chi connectivity index (χ2v) is 7.28. The lowest BCUT2D eigenvalue weighted by Gasteiger charge is -2.36. The summed E-state index contributed by atoms with van der Waals surface area (Å²) >= 11 is -1.25. The van der Waals surface area contributed by atoms with E-state index in [1.54, 1.807) is 20.8 Å². The molecular weight excluding hydrogens is 212 g/mol. The van der Waals surface area contributed by atoms with Crippen LogP contribution in [0.3, 0.4) is 0 Å². The van der Waals surface area contributed by atoms with Gasteiger partial charge in [0.15, 0.2) is 0 Å². The summed E-state index contributed by atoms with van der Waals surface area (Å²) in [4.78, 5) is 11.7. The van der Waals surface area contributed by atoms with E-state index < -0.39 is 15.9 Å². The molecule has 0 fully saturated rings. The molecule has 0 aromatic heterocycles. The third-order valence-corrected chi connectivity index (χ3v) is 4.97. The van der Waals surface area contributed by atoms with Crippen LogP contribution in [0.4, 0.5) is 0 Å². The fourth-order valence-electron chi connectivity index (χ4n) is 1.20. The van der Waals surface area contributed by atoms with E-state index in [0.29, 0.717) is 6.61 Å². The topological polar surface area (TPSA) is 49.4 Å². The molecule has 90 valence electrons. The average Bonchev–Trinajstić information content (AvgIpc) is 2.17. The van der Waals surface area contributed by atoms with Crippen molar-refractivity contribution in [1.29, 1.82) is 0 Å². The third kappa shape index (κ3) is 3.38. The lowest BCUT2D eigenvalue weighted by molar-refractivity contribution is -0.145. The molecule has 0 spiro atoms. The van der Waals surface area contributed by atoms with Crippen molar-refractivity contribution in [2.24, 2.45) is 0 Å². The zero-order valence-electron chi connectivity index (χ0n) is 10.5. The van der Waals surface area contributed by atoms with E-state index in [2.05, 4.69) is 0 Å². The first-order valence-corrected chi connectivity index (χ1v) is 6.44. The fourth-order valence-corrected chi connectivity index (χ4v) is 3.06. The second-order valence-electron chi connectivity index (χ2n) is 4.61. The molecule has 0 bridgehead atoms. The molecule has 0 saturated carbocycles. The minimum atomic E-state index is -1.25. The van der Waals surface area contributed by atoms with Crippen molar-refractivity contribution < 1.29 is 14.1 Å². The zero-order valence-corrected chi connectivity index (χ0v) is 11.4. The number of carbonyl (C=O) groups excluding carboxylic acids is 1. The third-order valence-electron chi connectivity index (χ3n) is 2.58. The van der Waals surface area contributed by atoms with Crippen molar-refractivity contribution in [3.63, 3.8) is 0 Å². The molecule has 0 aliphatic carbocycles. The van der Waals surface area contributed by atoms with Crippen molar-refractivity contribution in [1.82, 2.24) is 0 Å². The van der Waals surface area contributed by atoms with Crippen molar-refractivity contribution in [3.05, 3.63) is 0 Å². The van der Waals surface area contributed by atoms with E-state index in [1.165, 1.54) is 0 Å². The van der Waals surface area contributed by atoms with Crippen molar-refractivity contribution in [2.45, 2.75) is 57.5 Å². The molecule has 0 aliphatic rings. The van der Waals surface area contributed by atoms with Crippen LogP contribution < -0.4 is 0 Å². The van der Waals surface area contributed by atoms with Crippen LogP contribution in [0.2, 0.25) is 0 Å². The maximum absolute atomic E-state index is 12.2. The molecule has 0 rings (SSSR count). The van der Waals surface area contributed by atoms with E-state index >= 15 is 0 Å². The Morgan fingerprint density at radius 2 is 1.73 bits per heavy atom. The Bertz CT molecular complexity index is 224. The standard InChI is InChI=1S/C11H22O3S/c1-7-10(3,4)15(13)11(5,6)9(12)14-8-2/h7-8H2,1-6H3. The van der Waals surface area contributed by atoms with Gasteiger partial charge in [0.1, 0.15) is 4.75 Å². The summed E-state index contributed by atoms with van der Waals surface area (Å²) in [5.41, 5.74) is 0. The summed E-state index contributed by atoms with van der Waals surface area (Å²) < 4.78 is 15.9. The number of carbonyl (C=O) groups is 1. The fraction of sp³-hybridized carbons (Fsp3) is 0.909. The molecule has 0 saturated heterocycles. The van der Waals surface area contributed by atoms with Gasteiger partial charge in [0.05, 0.1) is 6.61 Å². The van der Waals surface area contributed by atoms with Gasteiger partial charge in [-0.2, -0.15) is 0 Å². The highest BCUT2D eigenvalue weighted by Gasteiger charge is 2.48. The predicted molar refractivity (Wildman–Crippen MR) is 63.2 cm³/mol. The van der Waals surface area contributed by atoms with Crippen LogP contribution in [0, 0.1) is 0 Å². The maximum Gasteiger partial charge on any atom is 0.362 e. The maximum atomic E-state index is 12.2. The Hall–Kier alpha value is -0.220. The summed E-state index contributed by atoms with van der Waals surface area (Å²) in [5.74, 6) is -0.384. The van der Waals surface area contributed by atoms with Gasteiger partial charge in [-0.05, 0) is 52.2 Å². The van der Waals surface area contributed by atoms with Gasteiger partial charge in [-0.25, -0.2) is 4.79 Å². The van der Waals surface area contributed by atoms with E-state index in [-0.39, 0.29) is 10.7 Å². The van der Waals surface area contributed by atoms with E-state index in [9.17, 15) is 9.35 Å². The SMILES string of the molecule is CCOC(=O)C(C)(C)[S+]([O-])C(C)(C)CC. The minimum Gasteiger partial charge on any atom is -0.615 e. The first-order chi connectivity index (χ1) is 6.70. The Morgan fingerprint density at radius 1 is 1.27 bits per heavy atom. The molecule has 0 aromatic carbocycles. The molecule has 0 aliphatic heterocycles. The zero-order chi connectivity index (χ0) is 12.3. The number of esters is 1. The lowest BCUT2D eigenvalue weighted by Crippen LogP contribution is -2.50. The molecular formula is C11H22O3S. The number of hydrogen-bond acceptors (Lipinski definition) is 3. The summed E-state index contributed by atoms with van der Waals surface area (Å²) in [7, 11) is 0. The van der Waals surface area contributed by atoms with Gasteiger partial charge in [0.2, 0.25) is 4.75 Å². The van der Waals surface area contributed by atoms with Crippen LogP contribution in [0.15, 0.2) is 0 Å². The van der Waals surface area contributed by atoms with E-state index in [4.69, 9.17) is 4.74 Å². The molecule has 0 heterocycles. The van der Waals surface area contributed by atoms with Crippen LogP contribution in [-0.4, -0.2) is 26.6 Å². The molecule has 0 radical (unpaired) electrons. The quantitative estimate of drug-likeness (QED) is 0.541. The van der Waals surface area contributed by atoms with E-state index in [0.717, 1.165) is 6.42 Å². The molecule has 0 N–H and O–H groups in total. The molecule has 3 nitrogen and oxygen atoms in total. The molecule has 1 unspecified atom stereocenters. The Labute approximate surface area is 95.8 Å². The van der Waals surface area contributed by atoms with Crippen LogP contribution in [0.25, 0.3) is 0 Å². The highest BCUT2D eigenvalue weighted by molar-refractivity contribution is 7.94. The van der Waals surface area contributed by atoms with Crippen LogP contribution >= 0.6 is 0 Å². The number of rotatable bonds is 5. The normalized spacial score (nSPS) is 14.9. The van der Waals surface area contributed by atoms with Gasteiger partial charge in [-0.1, -0.05) is 6.92 Å². The van der Waals surface area contributed by atoms with Gasteiger partial charge in [0.25, 0.3) is 0 Å². The highest BCUT2D eigenvalue weighted by Crippen LogP contribution is 2.32. The van der Waals surface area contributed by atoms with Gasteiger partial charge in [-0.15, -0.1) is 0 Å². The lowest BCUT2D eigenvalue weighted by atomic mass is 10.1. The van der Waals surface area contributed by atoms with Crippen molar-refractivity contribution in [3.8, 4) is 0 Å². The molecule has 4 heteroatoms. The van der Waals surface area contributed by atoms with Gasteiger partial charge >= 0.3 is 5.97 Å². The Balaban J connectivity index is 4.79. The summed E-state index contributed by atoms with van der Waals surface area (Å²) in [6.45, 7) is 11.2. The summed E-state index contributed by atoms with van der Waals surface area (Å²) in [5, 5.41) is 0. The Morgan fingerprint density at radius 3 is 2.07 bits per heavy atom. The molecule has 0 aromatic rings. The molecule has 1 atom stereocenters. The average molecular weight is 234 g/mol. The monoisotopic (exact) mass is 234 g/mol. The molecule has 15 heavy (non-hydrogen) atoms. The predicted octanol–water partition coefficient (Wildman–Crippen LogP) is 2.27. The van der Waals surface area contributed by atoms with Gasteiger partial charge in [0, 0.05) is 0 Å². The largest absolute Gasteiger partial charge is 0.615 e. The molecule has 0 amide bonds. The van der Waals surface area contributed by atoms with Gasteiger partial charge in [-0.3, -0.25) is 0 Å². The summed E-state index contributed by atoms with van der Waals surface area (Å²) in [6, 6.07) is 0. The van der Waals surface area contributed by atoms with Crippen LogP contribution in [0.5, 0.6) is 0 Å². The Kier molecular flexibility index (Phi) is 5.14.